The number of carbonyl (C=O) groups excluding carboxylic acids is 1. The van der Waals surface area contributed by atoms with Gasteiger partial charge in [0.2, 0.25) is 5.91 Å². The SMILES string of the molecule is CN(C(=O)CCNc1ccc(C(F)(F)F)cc1[N+](=O)[O-])C(C)(C)C(=O)O. The summed E-state index contributed by atoms with van der Waals surface area (Å²) in [5, 5.41) is 22.6. The van der Waals surface area contributed by atoms with E-state index in [1.165, 1.54) is 20.9 Å². The van der Waals surface area contributed by atoms with Gasteiger partial charge in [-0.3, -0.25) is 14.9 Å². The van der Waals surface area contributed by atoms with Crippen LogP contribution < -0.4 is 5.32 Å². The molecule has 1 aromatic carbocycles. The highest BCUT2D eigenvalue weighted by molar-refractivity contribution is 5.86. The Hall–Kier alpha value is -2.85. The van der Waals surface area contributed by atoms with E-state index in [0.717, 1.165) is 11.0 Å². The maximum absolute atomic E-state index is 12.6. The van der Waals surface area contributed by atoms with Crippen LogP contribution in [0.3, 0.4) is 0 Å². The van der Waals surface area contributed by atoms with Crippen LogP contribution >= 0.6 is 0 Å². The zero-order chi connectivity index (χ0) is 20.3. The summed E-state index contributed by atoms with van der Waals surface area (Å²) >= 11 is 0. The van der Waals surface area contributed by atoms with Crippen molar-refractivity contribution in [2.45, 2.75) is 32.0 Å². The van der Waals surface area contributed by atoms with Crippen molar-refractivity contribution in [2.24, 2.45) is 0 Å². The normalized spacial score (nSPS) is 11.8. The maximum atomic E-state index is 12.6. The summed E-state index contributed by atoms with van der Waals surface area (Å²) in [6.45, 7) is 2.55. The van der Waals surface area contributed by atoms with Crippen LogP contribution in [0.25, 0.3) is 0 Å². The molecule has 144 valence electrons. The molecule has 0 aliphatic carbocycles. The minimum absolute atomic E-state index is 0.120. The Morgan fingerprint density at radius 2 is 1.88 bits per heavy atom. The summed E-state index contributed by atoms with van der Waals surface area (Å²) < 4.78 is 37.9. The van der Waals surface area contributed by atoms with E-state index in [2.05, 4.69) is 5.32 Å². The molecule has 0 radical (unpaired) electrons. The van der Waals surface area contributed by atoms with Crippen molar-refractivity contribution in [1.29, 1.82) is 0 Å². The third-order valence-electron chi connectivity index (χ3n) is 3.91. The van der Waals surface area contributed by atoms with Crippen LogP contribution in [-0.4, -0.2) is 45.9 Å². The number of likely N-dealkylation sites (N-methyl/N-ethyl adjacent to an activating group) is 1. The van der Waals surface area contributed by atoms with Gasteiger partial charge in [-0.25, -0.2) is 4.79 Å². The molecule has 1 aromatic rings. The monoisotopic (exact) mass is 377 g/mol. The fourth-order valence-corrected chi connectivity index (χ4v) is 1.94. The summed E-state index contributed by atoms with van der Waals surface area (Å²) in [7, 11) is 1.30. The van der Waals surface area contributed by atoms with Crippen LogP contribution in [0.4, 0.5) is 24.5 Å². The maximum Gasteiger partial charge on any atom is 0.416 e. The van der Waals surface area contributed by atoms with Crippen molar-refractivity contribution in [3.8, 4) is 0 Å². The number of carbonyl (C=O) groups is 2. The number of amides is 1. The van der Waals surface area contributed by atoms with Crippen LogP contribution in [0.15, 0.2) is 18.2 Å². The fraction of sp³-hybridized carbons (Fsp3) is 0.467. The predicted molar refractivity (Wildman–Crippen MR) is 85.7 cm³/mol. The van der Waals surface area contributed by atoms with Gasteiger partial charge >= 0.3 is 12.1 Å². The van der Waals surface area contributed by atoms with Gasteiger partial charge in [0.25, 0.3) is 5.69 Å². The van der Waals surface area contributed by atoms with E-state index in [9.17, 15) is 32.9 Å². The second kappa shape index (κ2) is 7.58. The highest BCUT2D eigenvalue weighted by Crippen LogP contribution is 2.34. The summed E-state index contributed by atoms with van der Waals surface area (Å²) in [5.41, 5.74) is -3.55. The quantitative estimate of drug-likeness (QED) is 0.558. The van der Waals surface area contributed by atoms with E-state index in [1.54, 1.807) is 0 Å². The molecular formula is C15H18F3N3O5. The highest BCUT2D eigenvalue weighted by Gasteiger charge is 2.35. The Morgan fingerprint density at radius 1 is 1.31 bits per heavy atom. The van der Waals surface area contributed by atoms with Gasteiger partial charge in [-0.2, -0.15) is 13.2 Å². The van der Waals surface area contributed by atoms with Crippen molar-refractivity contribution < 1.29 is 32.8 Å². The largest absolute Gasteiger partial charge is 0.480 e. The number of rotatable bonds is 7. The van der Waals surface area contributed by atoms with Gasteiger partial charge in [0, 0.05) is 26.1 Å². The first-order chi connectivity index (χ1) is 11.8. The number of nitrogens with one attached hydrogen (secondary N) is 1. The highest BCUT2D eigenvalue weighted by atomic mass is 19.4. The number of hydrogen-bond acceptors (Lipinski definition) is 5. The Bertz CT molecular complexity index is 719. The molecule has 11 heteroatoms. The van der Waals surface area contributed by atoms with Crippen molar-refractivity contribution in [3.63, 3.8) is 0 Å². The smallest absolute Gasteiger partial charge is 0.416 e. The average Bonchev–Trinajstić information content (AvgIpc) is 2.52. The van der Waals surface area contributed by atoms with E-state index in [0.29, 0.717) is 12.1 Å². The molecule has 0 fully saturated rings. The van der Waals surface area contributed by atoms with Crippen LogP contribution in [-0.2, 0) is 15.8 Å². The number of carboxylic acid groups (broad SMARTS) is 1. The average molecular weight is 377 g/mol. The third-order valence-corrected chi connectivity index (χ3v) is 3.91. The number of aliphatic carboxylic acids is 1. The number of nitro benzene ring substituents is 1. The lowest BCUT2D eigenvalue weighted by atomic mass is 10.0. The van der Waals surface area contributed by atoms with Crippen molar-refractivity contribution in [2.75, 3.05) is 18.9 Å². The number of alkyl halides is 3. The molecule has 1 amide bonds. The predicted octanol–water partition coefficient (Wildman–Crippen LogP) is 2.74. The lowest BCUT2D eigenvalue weighted by Crippen LogP contribution is -2.51. The first kappa shape index (κ1) is 21.2. The van der Waals surface area contributed by atoms with Gasteiger partial charge in [0.15, 0.2) is 0 Å². The number of hydrogen-bond donors (Lipinski definition) is 2. The molecule has 2 N–H and O–H groups in total. The Balaban J connectivity index is 2.84. The van der Waals surface area contributed by atoms with E-state index < -0.39 is 39.8 Å². The molecule has 0 spiro atoms. The second-order valence-electron chi connectivity index (χ2n) is 5.98. The van der Waals surface area contributed by atoms with Crippen LogP contribution in [0, 0.1) is 10.1 Å². The molecule has 0 unspecified atom stereocenters. The topological polar surface area (TPSA) is 113 Å². The zero-order valence-electron chi connectivity index (χ0n) is 14.3. The first-order valence-electron chi connectivity index (χ1n) is 7.38. The molecule has 0 heterocycles. The van der Waals surface area contributed by atoms with Gasteiger partial charge in [0.1, 0.15) is 11.2 Å². The number of nitrogens with zero attached hydrogens (tertiary/aromatic N) is 2. The molecule has 8 nitrogen and oxygen atoms in total. The van der Waals surface area contributed by atoms with Crippen molar-refractivity contribution in [1.82, 2.24) is 4.90 Å². The van der Waals surface area contributed by atoms with Crippen molar-refractivity contribution >= 4 is 23.3 Å². The van der Waals surface area contributed by atoms with Crippen LogP contribution in [0.2, 0.25) is 0 Å². The summed E-state index contributed by atoms with van der Waals surface area (Å²) in [4.78, 5) is 34.2. The summed E-state index contributed by atoms with van der Waals surface area (Å²) in [5.74, 6) is -1.75. The Morgan fingerprint density at radius 3 is 2.35 bits per heavy atom. The minimum Gasteiger partial charge on any atom is -0.480 e. The molecule has 26 heavy (non-hydrogen) atoms. The number of nitro groups is 1. The van der Waals surface area contributed by atoms with E-state index in [4.69, 9.17) is 5.11 Å². The lowest BCUT2D eigenvalue weighted by molar-refractivity contribution is -0.384. The molecule has 0 aliphatic rings. The number of anilines is 1. The fourth-order valence-electron chi connectivity index (χ4n) is 1.94. The van der Waals surface area contributed by atoms with Crippen LogP contribution in [0.5, 0.6) is 0 Å². The Labute approximate surface area is 146 Å². The second-order valence-corrected chi connectivity index (χ2v) is 5.98. The third kappa shape index (κ3) is 4.83. The van der Waals surface area contributed by atoms with Crippen LogP contribution in [0.1, 0.15) is 25.8 Å². The van der Waals surface area contributed by atoms with Crippen molar-refractivity contribution in [3.05, 3.63) is 33.9 Å². The molecule has 0 saturated heterocycles. The molecule has 1 rings (SSSR count). The summed E-state index contributed by atoms with van der Waals surface area (Å²) in [6, 6.07) is 2.01. The van der Waals surface area contributed by atoms with E-state index in [1.807, 2.05) is 0 Å². The Kier molecular flexibility index (Phi) is 6.18. The summed E-state index contributed by atoms with van der Waals surface area (Å²) in [6.07, 6.45) is -4.92. The number of halogens is 3. The van der Waals surface area contributed by atoms with E-state index >= 15 is 0 Å². The standard InChI is InChI=1S/C15H18F3N3O5/c1-14(2,13(23)24)20(3)12(22)6-7-19-10-5-4-9(15(16,17)18)8-11(10)21(25)26/h4-5,8,19H,6-7H2,1-3H3,(H,23,24). The van der Waals surface area contributed by atoms with Gasteiger partial charge in [0.05, 0.1) is 10.5 Å². The van der Waals surface area contributed by atoms with Gasteiger partial charge in [-0.1, -0.05) is 0 Å². The molecule has 0 saturated carbocycles. The molecule has 0 aromatic heterocycles. The molecule has 0 bridgehead atoms. The van der Waals surface area contributed by atoms with E-state index in [-0.39, 0.29) is 18.7 Å². The zero-order valence-corrected chi connectivity index (χ0v) is 14.3. The number of benzene rings is 1. The first-order valence-corrected chi connectivity index (χ1v) is 7.38. The van der Waals surface area contributed by atoms with Gasteiger partial charge in [-0.05, 0) is 26.0 Å². The molecular weight excluding hydrogens is 359 g/mol. The molecule has 0 atom stereocenters. The van der Waals surface area contributed by atoms with Gasteiger partial charge in [-0.15, -0.1) is 0 Å². The van der Waals surface area contributed by atoms with Gasteiger partial charge < -0.3 is 15.3 Å². The minimum atomic E-state index is -4.72. The number of carboxylic acids is 1. The molecule has 0 aliphatic heterocycles. The lowest BCUT2D eigenvalue weighted by Gasteiger charge is -2.31.